The highest BCUT2D eigenvalue weighted by molar-refractivity contribution is 5.79. The van der Waals surface area contributed by atoms with Crippen LogP contribution in [0.2, 0.25) is 0 Å². The van der Waals surface area contributed by atoms with E-state index in [1.807, 2.05) is 9.80 Å². The van der Waals surface area contributed by atoms with Gasteiger partial charge in [0.1, 0.15) is 0 Å². The fourth-order valence-electron chi connectivity index (χ4n) is 6.21. The standard InChI is InChI=1S/C31H46N4O8/c1-6-7-12-32(13-8-15-35(2,3)4)28(38)19-33-18-22(21-16-24(41-5)30-25(17-21)42-20-43-30)29(31(39)40)23(33)11-14-34-26(36)9-10-27(34)37/h9-10,16-17,22-23,29H,6-8,11-15,18-20H2,1-5H3,(H2-,36,37,39,40)/p+1/t22-,23+,29?/m1/s1. The van der Waals surface area contributed by atoms with Crippen molar-refractivity contribution in [3.05, 3.63) is 29.8 Å². The van der Waals surface area contributed by atoms with E-state index in [1.54, 1.807) is 12.1 Å². The van der Waals surface area contributed by atoms with Gasteiger partial charge in [-0.05, 0) is 30.5 Å². The Bertz CT molecular complexity index is 1250. The molecule has 3 N–H and O–H groups in total. The number of rotatable bonds is 15. The van der Waals surface area contributed by atoms with Crippen LogP contribution < -0.4 is 14.2 Å². The highest BCUT2D eigenvalue weighted by Crippen LogP contribution is 2.47. The topological polar surface area (TPSA) is 134 Å². The molecule has 3 heterocycles. The smallest absolute Gasteiger partial charge is 0.308 e. The molecule has 1 fully saturated rings. The van der Waals surface area contributed by atoms with Gasteiger partial charge in [-0.3, -0.25) is 19.1 Å². The third-order valence-corrected chi connectivity index (χ3v) is 8.45. The molecule has 238 valence electrons. The lowest BCUT2D eigenvalue weighted by molar-refractivity contribution is -0.870. The number of benzene rings is 1. The fraction of sp³-hybridized carbons (Fsp3) is 0.613. The Morgan fingerprint density at radius 2 is 1.79 bits per heavy atom. The largest absolute Gasteiger partial charge is 0.494 e. The summed E-state index contributed by atoms with van der Waals surface area (Å²) in [4.78, 5) is 30.6. The highest BCUT2D eigenvalue weighted by atomic mass is 16.7. The molecule has 0 radical (unpaired) electrons. The summed E-state index contributed by atoms with van der Waals surface area (Å²) in [6.07, 6.45) is 3.02. The van der Waals surface area contributed by atoms with E-state index in [2.05, 4.69) is 28.1 Å². The van der Waals surface area contributed by atoms with E-state index in [0.717, 1.165) is 35.9 Å². The molecule has 1 aromatic heterocycles. The van der Waals surface area contributed by atoms with E-state index >= 15 is 0 Å². The second-order valence-corrected chi connectivity index (χ2v) is 12.5. The molecule has 1 aromatic carbocycles. The van der Waals surface area contributed by atoms with Crippen molar-refractivity contribution in [2.75, 3.05) is 67.8 Å². The third-order valence-electron chi connectivity index (χ3n) is 8.45. The van der Waals surface area contributed by atoms with Crippen LogP contribution in [0.4, 0.5) is 0 Å². The summed E-state index contributed by atoms with van der Waals surface area (Å²) < 4.78 is 18.9. The number of carbonyl (C=O) groups excluding carboxylic acids is 1. The number of carboxylic acids is 1. The Morgan fingerprint density at radius 3 is 2.42 bits per heavy atom. The quantitative estimate of drug-likeness (QED) is 0.263. The minimum absolute atomic E-state index is 0.0282. The van der Waals surface area contributed by atoms with Gasteiger partial charge in [0.25, 0.3) is 0 Å². The van der Waals surface area contributed by atoms with Gasteiger partial charge in [0.2, 0.25) is 18.4 Å². The fourth-order valence-corrected chi connectivity index (χ4v) is 6.21. The number of quaternary nitrogens is 1. The first-order valence-electron chi connectivity index (χ1n) is 15.0. The van der Waals surface area contributed by atoms with Crippen LogP contribution in [0.3, 0.4) is 0 Å². The predicted octanol–water partition coefficient (Wildman–Crippen LogP) is 2.92. The van der Waals surface area contributed by atoms with Gasteiger partial charge in [0.15, 0.2) is 23.3 Å². The number of hydrogen-bond donors (Lipinski definition) is 3. The number of carbonyl (C=O) groups is 2. The molecule has 0 saturated carbocycles. The number of nitrogens with zero attached hydrogens (tertiary/aromatic N) is 4. The first-order valence-corrected chi connectivity index (χ1v) is 15.0. The molecule has 3 atom stereocenters. The second-order valence-electron chi connectivity index (χ2n) is 12.5. The van der Waals surface area contributed by atoms with Crippen molar-refractivity contribution in [1.29, 1.82) is 0 Å². The summed E-state index contributed by atoms with van der Waals surface area (Å²) in [5.74, 6) is -1.10. The summed E-state index contributed by atoms with van der Waals surface area (Å²) in [6, 6.07) is 5.84. The van der Waals surface area contributed by atoms with Gasteiger partial charge in [-0.15, -0.1) is 0 Å². The van der Waals surface area contributed by atoms with Crippen LogP contribution in [-0.4, -0.2) is 120 Å². The molecular formula is C31H47N4O8+. The third kappa shape index (κ3) is 7.66. The maximum Gasteiger partial charge on any atom is 0.308 e. The Labute approximate surface area is 253 Å². The van der Waals surface area contributed by atoms with Crippen LogP contribution in [0.15, 0.2) is 24.3 Å². The van der Waals surface area contributed by atoms with Crippen molar-refractivity contribution < 1.29 is 43.6 Å². The highest BCUT2D eigenvalue weighted by Gasteiger charge is 2.47. The molecule has 1 saturated heterocycles. The van der Waals surface area contributed by atoms with Gasteiger partial charge < -0.3 is 38.9 Å². The normalized spacial score (nSPS) is 20.0. The number of amides is 1. The zero-order valence-corrected chi connectivity index (χ0v) is 26.0. The monoisotopic (exact) mass is 603 g/mol. The number of ether oxygens (including phenoxy) is 3. The zero-order valence-electron chi connectivity index (χ0n) is 26.0. The number of likely N-dealkylation sites (tertiary alicyclic amines) is 1. The van der Waals surface area contributed by atoms with Crippen LogP contribution in [0.1, 0.15) is 44.1 Å². The molecule has 43 heavy (non-hydrogen) atoms. The number of unbranched alkanes of at least 4 members (excludes halogenated alkanes) is 1. The molecule has 2 aliphatic rings. The minimum Gasteiger partial charge on any atom is -0.494 e. The Hall–Kier alpha value is -3.64. The van der Waals surface area contributed by atoms with Gasteiger partial charge in [-0.2, -0.15) is 0 Å². The first kappa shape index (κ1) is 32.3. The van der Waals surface area contributed by atoms with Crippen molar-refractivity contribution in [2.45, 2.75) is 51.1 Å². The van der Waals surface area contributed by atoms with Crippen LogP contribution in [0, 0.1) is 5.92 Å². The minimum atomic E-state index is -0.978. The molecule has 12 heteroatoms. The van der Waals surface area contributed by atoms with Crippen LogP contribution in [0.25, 0.3) is 0 Å². The van der Waals surface area contributed by atoms with E-state index in [1.165, 1.54) is 23.8 Å². The molecule has 2 aromatic rings. The predicted molar refractivity (Wildman–Crippen MR) is 160 cm³/mol. The number of aliphatic carboxylic acids is 1. The molecule has 0 bridgehead atoms. The van der Waals surface area contributed by atoms with Crippen LogP contribution >= 0.6 is 0 Å². The van der Waals surface area contributed by atoms with E-state index in [0.29, 0.717) is 43.3 Å². The Balaban J connectivity index is 1.63. The summed E-state index contributed by atoms with van der Waals surface area (Å²) in [6.45, 7) is 4.97. The summed E-state index contributed by atoms with van der Waals surface area (Å²) in [5, 5.41) is 31.0. The number of hydrogen-bond acceptors (Lipinski definition) is 8. The van der Waals surface area contributed by atoms with E-state index in [9.17, 15) is 24.9 Å². The van der Waals surface area contributed by atoms with Crippen molar-refractivity contribution in [1.82, 2.24) is 14.4 Å². The molecule has 2 aliphatic heterocycles. The molecule has 4 rings (SSSR count). The van der Waals surface area contributed by atoms with E-state index in [4.69, 9.17) is 14.2 Å². The lowest BCUT2D eigenvalue weighted by Crippen LogP contribution is -2.45. The van der Waals surface area contributed by atoms with Crippen LogP contribution in [-0.2, 0) is 16.1 Å². The van der Waals surface area contributed by atoms with Crippen molar-refractivity contribution >= 4 is 11.9 Å². The molecule has 12 nitrogen and oxygen atoms in total. The Morgan fingerprint density at radius 1 is 1.09 bits per heavy atom. The van der Waals surface area contributed by atoms with Gasteiger partial charge in [0, 0.05) is 56.7 Å². The van der Waals surface area contributed by atoms with Gasteiger partial charge in [0.05, 0.1) is 47.3 Å². The summed E-state index contributed by atoms with van der Waals surface area (Å²) in [7, 11) is 7.91. The summed E-state index contributed by atoms with van der Waals surface area (Å²) >= 11 is 0. The van der Waals surface area contributed by atoms with Crippen molar-refractivity contribution in [2.24, 2.45) is 5.92 Å². The molecule has 1 amide bonds. The Kier molecular flexibility index (Phi) is 10.3. The second kappa shape index (κ2) is 13.8. The number of aromatic hydroxyl groups is 2. The number of carboxylic acid groups (broad SMARTS) is 1. The average Bonchev–Trinajstić information content (AvgIpc) is 3.65. The maximum absolute atomic E-state index is 13.8. The average molecular weight is 604 g/mol. The van der Waals surface area contributed by atoms with E-state index < -0.39 is 23.8 Å². The number of fused-ring (bicyclic) bond motifs is 1. The van der Waals surface area contributed by atoms with Gasteiger partial charge in [-0.1, -0.05) is 13.3 Å². The molecule has 0 spiro atoms. The molecular weight excluding hydrogens is 556 g/mol. The zero-order chi connectivity index (χ0) is 31.3. The van der Waals surface area contributed by atoms with Gasteiger partial charge >= 0.3 is 5.97 Å². The molecule has 0 aliphatic carbocycles. The van der Waals surface area contributed by atoms with Gasteiger partial charge in [-0.25, -0.2) is 0 Å². The molecule has 1 unspecified atom stereocenters. The number of aromatic nitrogens is 1. The van der Waals surface area contributed by atoms with E-state index in [-0.39, 0.29) is 37.5 Å². The number of methoxy groups -OCH3 is 1. The maximum atomic E-state index is 13.8. The lowest BCUT2D eigenvalue weighted by Gasteiger charge is -2.31. The van der Waals surface area contributed by atoms with Crippen molar-refractivity contribution in [3.8, 4) is 29.0 Å². The first-order chi connectivity index (χ1) is 20.4. The SMILES string of the molecule is CCCCN(CCC[N+](C)(C)C)C(=O)CN1C[C@H](c2cc(OC)c3c(c2)OCO3)C(C(=O)O)[C@@H]1CCn1c(O)ccc1O. The van der Waals surface area contributed by atoms with Crippen molar-refractivity contribution in [3.63, 3.8) is 0 Å². The van der Waals surface area contributed by atoms with Crippen LogP contribution in [0.5, 0.6) is 29.0 Å². The lowest BCUT2D eigenvalue weighted by atomic mass is 9.84. The summed E-state index contributed by atoms with van der Waals surface area (Å²) in [5.41, 5.74) is 0.728.